The van der Waals surface area contributed by atoms with Crippen molar-refractivity contribution < 1.29 is 14.9 Å². The van der Waals surface area contributed by atoms with Gasteiger partial charge in [0.2, 0.25) is 0 Å². The fraction of sp³-hybridized carbons (Fsp3) is 0.182. The number of benzene rings is 1. The van der Waals surface area contributed by atoms with E-state index in [1.807, 2.05) is 6.07 Å². The van der Waals surface area contributed by atoms with Crippen LogP contribution >= 0.6 is 0 Å². The zero-order valence-corrected chi connectivity index (χ0v) is 8.21. The van der Waals surface area contributed by atoms with Gasteiger partial charge in [0, 0.05) is 7.11 Å². The monoisotopic (exact) mass is 205 g/mol. The third-order valence-corrected chi connectivity index (χ3v) is 1.83. The molecule has 0 saturated heterocycles. The third-order valence-electron chi connectivity index (χ3n) is 1.83. The van der Waals surface area contributed by atoms with Crippen LogP contribution in [0.2, 0.25) is 0 Å². The normalized spacial score (nSPS) is 13.3. The second kappa shape index (κ2) is 5.15. The molecule has 0 fully saturated rings. The molecule has 0 saturated carbocycles. The highest BCUT2D eigenvalue weighted by Crippen LogP contribution is 2.14. The largest absolute Gasteiger partial charge is 0.508 e. The molecule has 0 bridgehead atoms. The van der Waals surface area contributed by atoms with E-state index >= 15 is 0 Å². The third kappa shape index (κ3) is 3.09. The molecule has 2 N–H and O–H groups in total. The highest BCUT2D eigenvalue weighted by molar-refractivity contribution is 5.58. The summed E-state index contributed by atoms with van der Waals surface area (Å²) in [6.45, 7) is 0. The molecule has 0 aliphatic heterocycles. The van der Waals surface area contributed by atoms with Gasteiger partial charge in [-0.2, -0.15) is 5.26 Å². The second-order valence-electron chi connectivity index (χ2n) is 2.89. The number of phenolic OH excluding ortho intramolecular Hbond substituents is 1. The Morgan fingerprint density at radius 2 is 2.07 bits per heavy atom. The highest BCUT2D eigenvalue weighted by Gasteiger charge is 2.08. The SMILES string of the molecule is COC(O)C(C#N)=Cc1ccc(O)cc1. The van der Waals surface area contributed by atoms with E-state index in [9.17, 15) is 5.11 Å². The van der Waals surface area contributed by atoms with E-state index in [2.05, 4.69) is 4.74 Å². The number of hydrogen-bond donors (Lipinski definition) is 2. The van der Waals surface area contributed by atoms with Crippen molar-refractivity contribution in [2.75, 3.05) is 7.11 Å². The van der Waals surface area contributed by atoms with Gasteiger partial charge < -0.3 is 14.9 Å². The Bertz CT molecular complexity index is 389. The maximum absolute atomic E-state index is 9.27. The van der Waals surface area contributed by atoms with E-state index in [1.54, 1.807) is 12.1 Å². The fourth-order valence-corrected chi connectivity index (χ4v) is 1.04. The Hall–Kier alpha value is -1.83. The Morgan fingerprint density at radius 1 is 1.47 bits per heavy atom. The number of phenols is 1. The number of nitriles is 1. The molecule has 0 heterocycles. The van der Waals surface area contributed by atoms with Gasteiger partial charge in [-0.1, -0.05) is 12.1 Å². The Morgan fingerprint density at radius 3 is 2.53 bits per heavy atom. The zero-order chi connectivity index (χ0) is 11.3. The number of ether oxygens (including phenoxy) is 1. The summed E-state index contributed by atoms with van der Waals surface area (Å²) >= 11 is 0. The average molecular weight is 205 g/mol. The van der Waals surface area contributed by atoms with Gasteiger partial charge in [-0.3, -0.25) is 0 Å². The molecule has 0 radical (unpaired) electrons. The van der Waals surface area contributed by atoms with E-state index < -0.39 is 6.29 Å². The summed E-state index contributed by atoms with van der Waals surface area (Å²) in [5.74, 6) is 0.151. The molecule has 0 aliphatic carbocycles. The Balaban J connectivity index is 2.94. The Labute approximate surface area is 87.7 Å². The van der Waals surface area contributed by atoms with E-state index in [-0.39, 0.29) is 11.3 Å². The molecule has 0 amide bonds. The molecular formula is C11H11NO3. The minimum absolute atomic E-state index is 0.114. The number of aliphatic hydroxyl groups excluding tert-OH is 1. The first-order chi connectivity index (χ1) is 7.17. The van der Waals surface area contributed by atoms with Gasteiger partial charge in [0.1, 0.15) is 11.8 Å². The number of rotatable bonds is 3. The molecule has 4 nitrogen and oxygen atoms in total. The number of hydrogen-bond acceptors (Lipinski definition) is 4. The van der Waals surface area contributed by atoms with Gasteiger partial charge >= 0.3 is 0 Å². The summed E-state index contributed by atoms with van der Waals surface area (Å²) in [4.78, 5) is 0. The Kier molecular flexibility index (Phi) is 3.86. The van der Waals surface area contributed by atoms with Crippen molar-refractivity contribution in [1.29, 1.82) is 5.26 Å². The lowest BCUT2D eigenvalue weighted by Gasteiger charge is -2.06. The van der Waals surface area contributed by atoms with Crippen molar-refractivity contribution in [1.82, 2.24) is 0 Å². The molecule has 4 heteroatoms. The lowest BCUT2D eigenvalue weighted by molar-refractivity contribution is -0.0407. The molecule has 0 aromatic heterocycles. The summed E-state index contributed by atoms with van der Waals surface area (Å²) in [6, 6.07) is 8.11. The molecule has 1 atom stereocenters. The van der Waals surface area contributed by atoms with Gasteiger partial charge in [-0.15, -0.1) is 0 Å². The highest BCUT2D eigenvalue weighted by atomic mass is 16.6. The van der Waals surface area contributed by atoms with Gasteiger partial charge in [0.25, 0.3) is 0 Å². The van der Waals surface area contributed by atoms with Crippen molar-refractivity contribution in [2.45, 2.75) is 6.29 Å². The summed E-state index contributed by atoms with van der Waals surface area (Å²) in [7, 11) is 1.31. The van der Waals surface area contributed by atoms with Crippen LogP contribution in [0.1, 0.15) is 5.56 Å². The van der Waals surface area contributed by atoms with Crippen molar-refractivity contribution in [2.24, 2.45) is 0 Å². The number of methoxy groups -OCH3 is 1. The van der Waals surface area contributed by atoms with Gasteiger partial charge in [0.15, 0.2) is 6.29 Å². The maximum Gasteiger partial charge on any atom is 0.190 e. The smallest absolute Gasteiger partial charge is 0.190 e. The first-order valence-corrected chi connectivity index (χ1v) is 4.29. The number of nitrogens with zero attached hydrogens (tertiary/aromatic N) is 1. The first-order valence-electron chi connectivity index (χ1n) is 4.29. The molecule has 1 unspecified atom stereocenters. The average Bonchev–Trinajstić information content (AvgIpc) is 2.27. The molecule has 1 aromatic rings. The predicted octanol–water partition coefficient (Wildman–Crippen LogP) is 1.26. The summed E-state index contributed by atoms with van der Waals surface area (Å²) in [6.07, 6.45) is 0.275. The van der Waals surface area contributed by atoms with E-state index in [4.69, 9.17) is 10.4 Å². The van der Waals surface area contributed by atoms with Crippen molar-refractivity contribution in [3.8, 4) is 11.8 Å². The molecule has 0 aliphatic rings. The molecule has 15 heavy (non-hydrogen) atoms. The summed E-state index contributed by atoms with van der Waals surface area (Å²) in [5.41, 5.74) is 0.823. The van der Waals surface area contributed by atoms with Crippen LogP contribution in [-0.4, -0.2) is 23.6 Å². The topological polar surface area (TPSA) is 73.5 Å². The lowest BCUT2D eigenvalue weighted by atomic mass is 10.1. The van der Waals surface area contributed by atoms with E-state index in [0.29, 0.717) is 5.56 Å². The molecule has 1 aromatic carbocycles. The van der Waals surface area contributed by atoms with E-state index in [0.717, 1.165) is 0 Å². The lowest BCUT2D eigenvalue weighted by Crippen LogP contribution is -2.10. The molecule has 1 rings (SSSR count). The second-order valence-corrected chi connectivity index (χ2v) is 2.89. The minimum Gasteiger partial charge on any atom is -0.508 e. The minimum atomic E-state index is -1.22. The van der Waals surface area contributed by atoms with Crippen LogP contribution in [0.25, 0.3) is 6.08 Å². The zero-order valence-electron chi connectivity index (χ0n) is 8.21. The number of aliphatic hydroxyl groups is 1. The summed E-state index contributed by atoms with van der Waals surface area (Å²) in [5, 5.41) is 27.1. The van der Waals surface area contributed by atoms with Crippen LogP contribution in [-0.2, 0) is 4.74 Å². The van der Waals surface area contributed by atoms with Crippen LogP contribution in [0.3, 0.4) is 0 Å². The molecule has 78 valence electrons. The molecule has 0 spiro atoms. The predicted molar refractivity (Wildman–Crippen MR) is 54.7 cm³/mol. The summed E-state index contributed by atoms with van der Waals surface area (Å²) < 4.78 is 4.61. The van der Waals surface area contributed by atoms with Crippen LogP contribution in [0.15, 0.2) is 29.8 Å². The first kappa shape index (κ1) is 11.2. The number of aromatic hydroxyl groups is 1. The van der Waals surface area contributed by atoms with Gasteiger partial charge in [0.05, 0.1) is 5.57 Å². The van der Waals surface area contributed by atoms with Crippen LogP contribution < -0.4 is 0 Å². The van der Waals surface area contributed by atoms with Crippen molar-refractivity contribution in [3.05, 3.63) is 35.4 Å². The van der Waals surface area contributed by atoms with Gasteiger partial charge in [-0.25, -0.2) is 0 Å². The van der Waals surface area contributed by atoms with Crippen LogP contribution in [0.5, 0.6) is 5.75 Å². The van der Waals surface area contributed by atoms with Gasteiger partial charge in [-0.05, 0) is 23.8 Å². The standard InChI is InChI=1S/C11H11NO3/c1-15-11(14)9(7-12)6-8-2-4-10(13)5-3-8/h2-6,11,13-14H,1H3. The van der Waals surface area contributed by atoms with Crippen LogP contribution in [0, 0.1) is 11.3 Å². The fourth-order valence-electron chi connectivity index (χ4n) is 1.04. The van der Waals surface area contributed by atoms with Crippen LogP contribution in [0.4, 0.5) is 0 Å². The van der Waals surface area contributed by atoms with E-state index in [1.165, 1.54) is 25.3 Å². The molecular weight excluding hydrogens is 194 g/mol. The quantitative estimate of drug-likeness (QED) is 0.575. The maximum atomic E-state index is 9.27. The van der Waals surface area contributed by atoms with Crippen molar-refractivity contribution in [3.63, 3.8) is 0 Å². The van der Waals surface area contributed by atoms with Crippen molar-refractivity contribution >= 4 is 6.08 Å².